The molecular formula is C16H22O3. The summed E-state index contributed by atoms with van der Waals surface area (Å²) in [7, 11) is 0. The molecule has 19 heavy (non-hydrogen) atoms. The number of esters is 1. The van der Waals surface area contributed by atoms with Gasteiger partial charge in [-0.1, -0.05) is 51.1 Å². The third kappa shape index (κ3) is 2.06. The van der Waals surface area contributed by atoms with Crippen LogP contribution in [0.1, 0.15) is 45.6 Å². The molecule has 1 aromatic rings. The van der Waals surface area contributed by atoms with Gasteiger partial charge in [0.1, 0.15) is 5.60 Å². The van der Waals surface area contributed by atoms with Crippen LogP contribution < -0.4 is 0 Å². The molecule has 104 valence electrons. The molecule has 0 aliphatic carbocycles. The fraction of sp³-hybridized carbons (Fsp3) is 0.562. The van der Waals surface area contributed by atoms with Gasteiger partial charge in [0.05, 0.1) is 6.61 Å². The van der Waals surface area contributed by atoms with Crippen molar-refractivity contribution in [1.29, 1.82) is 0 Å². The lowest BCUT2D eigenvalue weighted by Crippen LogP contribution is -2.33. The summed E-state index contributed by atoms with van der Waals surface area (Å²) < 4.78 is 11.3. The maximum Gasteiger partial charge on any atom is 0.346 e. The fourth-order valence-corrected chi connectivity index (χ4v) is 2.80. The van der Waals surface area contributed by atoms with Gasteiger partial charge in [-0.25, -0.2) is 4.79 Å². The number of epoxide rings is 1. The molecule has 1 heterocycles. The number of ether oxygens (including phenoxy) is 2. The van der Waals surface area contributed by atoms with Crippen LogP contribution in [0.4, 0.5) is 0 Å². The Bertz CT molecular complexity index is 437. The zero-order valence-corrected chi connectivity index (χ0v) is 11.9. The van der Waals surface area contributed by atoms with Gasteiger partial charge >= 0.3 is 5.97 Å². The molecule has 0 saturated carbocycles. The van der Waals surface area contributed by atoms with Crippen molar-refractivity contribution >= 4 is 5.97 Å². The normalized spacial score (nSPS) is 23.9. The maximum absolute atomic E-state index is 12.5. The fourth-order valence-electron chi connectivity index (χ4n) is 2.80. The predicted molar refractivity (Wildman–Crippen MR) is 73.8 cm³/mol. The first-order valence-corrected chi connectivity index (χ1v) is 7.09. The molecular weight excluding hydrogens is 240 g/mol. The second-order valence-corrected chi connectivity index (χ2v) is 4.99. The molecule has 1 saturated heterocycles. The van der Waals surface area contributed by atoms with Gasteiger partial charge in [0, 0.05) is 0 Å². The van der Waals surface area contributed by atoms with Gasteiger partial charge in [-0.15, -0.1) is 0 Å². The van der Waals surface area contributed by atoms with E-state index in [0.29, 0.717) is 6.61 Å². The molecule has 0 bridgehead atoms. The zero-order chi connectivity index (χ0) is 13.9. The summed E-state index contributed by atoms with van der Waals surface area (Å²) in [6, 6.07) is 9.70. The van der Waals surface area contributed by atoms with Gasteiger partial charge in [0.25, 0.3) is 0 Å². The molecule has 1 atom stereocenters. The highest BCUT2D eigenvalue weighted by Crippen LogP contribution is 2.60. The van der Waals surface area contributed by atoms with Crippen molar-refractivity contribution in [3.8, 4) is 0 Å². The second kappa shape index (κ2) is 5.33. The largest absolute Gasteiger partial charge is 0.463 e. The van der Waals surface area contributed by atoms with Crippen molar-refractivity contribution in [2.75, 3.05) is 6.61 Å². The number of hydrogen-bond donors (Lipinski definition) is 0. The van der Waals surface area contributed by atoms with E-state index in [2.05, 4.69) is 13.8 Å². The van der Waals surface area contributed by atoms with E-state index >= 15 is 0 Å². The van der Waals surface area contributed by atoms with Crippen LogP contribution in [-0.4, -0.2) is 18.2 Å². The average Bonchev–Trinajstić information content (AvgIpc) is 3.17. The van der Waals surface area contributed by atoms with E-state index in [1.807, 2.05) is 37.3 Å². The van der Waals surface area contributed by atoms with Gasteiger partial charge in [-0.2, -0.15) is 0 Å². The highest BCUT2D eigenvalue weighted by atomic mass is 16.7. The lowest BCUT2D eigenvalue weighted by atomic mass is 9.82. The van der Waals surface area contributed by atoms with E-state index < -0.39 is 11.2 Å². The van der Waals surface area contributed by atoms with Crippen molar-refractivity contribution < 1.29 is 14.3 Å². The number of rotatable bonds is 6. The predicted octanol–water partition coefficient (Wildman–Crippen LogP) is 3.42. The first-order chi connectivity index (χ1) is 9.16. The van der Waals surface area contributed by atoms with Crippen molar-refractivity contribution in [3.63, 3.8) is 0 Å². The van der Waals surface area contributed by atoms with Crippen LogP contribution in [0.5, 0.6) is 0 Å². The molecule has 0 N–H and O–H groups in total. The molecule has 3 heteroatoms. The Kier molecular flexibility index (Phi) is 3.95. The Morgan fingerprint density at radius 2 is 1.79 bits per heavy atom. The first kappa shape index (κ1) is 14.1. The maximum atomic E-state index is 12.5. The molecule has 1 aliphatic heterocycles. The van der Waals surface area contributed by atoms with Gasteiger partial charge in [-0.05, 0) is 24.8 Å². The highest BCUT2D eigenvalue weighted by Gasteiger charge is 2.74. The van der Waals surface area contributed by atoms with E-state index in [9.17, 15) is 4.79 Å². The van der Waals surface area contributed by atoms with Crippen LogP contribution in [-0.2, 0) is 19.9 Å². The van der Waals surface area contributed by atoms with Crippen molar-refractivity contribution in [1.82, 2.24) is 0 Å². The molecule has 2 rings (SSSR count). The smallest absolute Gasteiger partial charge is 0.346 e. The number of carbonyl (C=O) groups is 1. The third-order valence-corrected chi connectivity index (χ3v) is 4.00. The van der Waals surface area contributed by atoms with Crippen molar-refractivity contribution in [2.24, 2.45) is 0 Å². The second-order valence-electron chi connectivity index (χ2n) is 4.99. The highest BCUT2D eigenvalue weighted by molar-refractivity contribution is 5.86. The summed E-state index contributed by atoms with van der Waals surface area (Å²) in [5, 5.41) is 0. The Morgan fingerprint density at radius 1 is 1.16 bits per heavy atom. The Balaban J connectivity index is 2.34. The number of carbonyl (C=O) groups excluding carboxylic acids is 1. The van der Waals surface area contributed by atoms with Crippen LogP contribution in [0, 0.1) is 0 Å². The number of hydrogen-bond acceptors (Lipinski definition) is 3. The van der Waals surface area contributed by atoms with Crippen LogP contribution in [0.15, 0.2) is 30.3 Å². The Hall–Kier alpha value is -1.35. The molecule has 0 amide bonds. The van der Waals surface area contributed by atoms with Crippen LogP contribution in [0.25, 0.3) is 0 Å². The molecule has 1 aliphatic rings. The molecule has 0 spiro atoms. The molecule has 1 unspecified atom stereocenters. The Labute approximate surface area is 114 Å². The minimum absolute atomic E-state index is 0.246. The SMILES string of the molecule is CCCOC(=O)C1(c2ccccc2)OC1(CC)CC. The zero-order valence-electron chi connectivity index (χ0n) is 11.9. The van der Waals surface area contributed by atoms with E-state index in [0.717, 1.165) is 24.8 Å². The molecule has 1 fully saturated rings. The molecule has 0 aromatic heterocycles. The standard InChI is InChI=1S/C16H22O3/c1-4-12-18-14(17)16(13-10-8-7-9-11-13)15(5-2,6-3)19-16/h7-11H,4-6,12H2,1-3H3. The quantitative estimate of drug-likeness (QED) is 0.582. The lowest BCUT2D eigenvalue weighted by Gasteiger charge is -2.17. The third-order valence-electron chi connectivity index (χ3n) is 4.00. The van der Waals surface area contributed by atoms with Crippen molar-refractivity contribution in [3.05, 3.63) is 35.9 Å². The van der Waals surface area contributed by atoms with Gasteiger partial charge < -0.3 is 9.47 Å². The van der Waals surface area contributed by atoms with Crippen LogP contribution >= 0.6 is 0 Å². The first-order valence-electron chi connectivity index (χ1n) is 7.09. The summed E-state index contributed by atoms with van der Waals surface area (Å²) in [4.78, 5) is 12.5. The van der Waals surface area contributed by atoms with Crippen LogP contribution in [0.2, 0.25) is 0 Å². The summed E-state index contributed by atoms with van der Waals surface area (Å²) in [5.74, 6) is -0.246. The van der Waals surface area contributed by atoms with Crippen LogP contribution in [0.3, 0.4) is 0 Å². The summed E-state index contributed by atoms with van der Waals surface area (Å²) in [5.41, 5.74) is -0.397. The van der Waals surface area contributed by atoms with Gasteiger partial charge in [0.2, 0.25) is 5.60 Å². The minimum atomic E-state index is -0.896. The van der Waals surface area contributed by atoms with Gasteiger partial charge in [0.15, 0.2) is 0 Å². The van der Waals surface area contributed by atoms with E-state index in [1.165, 1.54) is 0 Å². The Morgan fingerprint density at radius 3 is 2.26 bits per heavy atom. The van der Waals surface area contributed by atoms with E-state index in [4.69, 9.17) is 9.47 Å². The topological polar surface area (TPSA) is 38.8 Å². The van der Waals surface area contributed by atoms with E-state index in [1.54, 1.807) is 0 Å². The number of benzene rings is 1. The molecule has 0 radical (unpaired) electrons. The molecule has 3 nitrogen and oxygen atoms in total. The van der Waals surface area contributed by atoms with Gasteiger partial charge in [-0.3, -0.25) is 0 Å². The monoisotopic (exact) mass is 262 g/mol. The van der Waals surface area contributed by atoms with E-state index in [-0.39, 0.29) is 5.97 Å². The summed E-state index contributed by atoms with van der Waals surface area (Å²) in [6.45, 7) is 6.55. The average molecular weight is 262 g/mol. The van der Waals surface area contributed by atoms with Crippen molar-refractivity contribution in [2.45, 2.75) is 51.2 Å². The minimum Gasteiger partial charge on any atom is -0.463 e. The summed E-state index contributed by atoms with van der Waals surface area (Å²) in [6.07, 6.45) is 2.43. The summed E-state index contributed by atoms with van der Waals surface area (Å²) >= 11 is 0. The lowest BCUT2D eigenvalue weighted by molar-refractivity contribution is -0.150. The molecule has 1 aromatic carbocycles.